The molecule has 0 radical (unpaired) electrons. The van der Waals surface area contributed by atoms with Crippen LogP contribution in [0.5, 0.6) is 0 Å². The van der Waals surface area contributed by atoms with Crippen molar-refractivity contribution in [2.75, 3.05) is 6.61 Å². The van der Waals surface area contributed by atoms with Gasteiger partial charge in [0.25, 0.3) is 0 Å². The average Bonchev–Trinajstić information content (AvgIpc) is 2.19. The van der Waals surface area contributed by atoms with Crippen molar-refractivity contribution in [1.29, 1.82) is 0 Å². The van der Waals surface area contributed by atoms with Gasteiger partial charge >= 0.3 is 0 Å². The van der Waals surface area contributed by atoms with E-state index >= 15 is 0 Å². The Kier molecular flexibility index (Phi) is 5.05. The largest absolute Gasteiger partial charge is 0.378 e. The van der Waals surface area contributed by atoms with Crippen LogP contribution in [0.2, 0.25) is 0 Å². The predicted octanol–water partition coefficient (Wildman–Crippen LogP) is 2.61. The van der Waals surface area contributed by atoms with Crippen LogP contribution in [-0.4, -0.2) is 18.5 Å². The molecule has 15 heavy (non-hydrogen) atoms. The van der Waals surface area contributed by atoms with Crippen molar-refractivity contribution in [2.45, 2.75) is 32.8 Å². The fourth-order valence-corrected chi connectivity index (χ4v) is 1.56. The third kappa shape index (κ3) is 4.75. The van der Waals surface area contributed by atoms with E-state index in [2.05, 4.69) is 0 Å². The highest BCUT2D eigenvalue weighted by Gasteiger charge is 2.09. The molecule has 0 saturated carbocycles. The summed E-state index contributed by atoms with van der Waals surface area (Å²) < 4.78 is 5.33. The van der Waals surface area contributed by atoms with Crippen LogP contribution in [-0.2, 0) is 16.0 Å². The number of ketones is 1. The molecule has 1 rings (SSSR count). The third-order valence-corrected chi connectivity index (χ3v) is 2.21. The Hall–Kier alpha value is -1.15. The maximum Gasteiger partial charge on any atom is 0.139 e. The van der Waals surface area contributed by atoms with Crippen LogP contribution < -0.4 is 0 Å². The molecule has 0 heterocycles. The Morgan fingerprint density at radius 3 is 2.60 bits per heavy atom. The maximum absolute atomic E-state index is 11.6. The van der Waals surface area contributed by atoms with Crippen molar-refractivity contribution in [3.8, 4) is 0 Å². The lowest BCUT2D eigenvalue weighted by atomic mass is 10.1. The van der Waals surface area contributed by atoms with E-state index in [0.29, 0.717) is 19.4 Å². The lowest BCUT2D eigenvalue weighted by Gasteiger charge is -2.10. The second-order valence-corrected chi connectivity index (χ2v) is 3.67. The lowest BCUT2D eigenvalue weighted by molar-refractivity contribution is -0.120. The predicted molar refractivity (Wildman–Crippen MR) is 60.9 cm³/mol. The van der Waals surface area contributed by atoms with Gasteiger partial charge in [-0.25, -0.2) is 0 Å². The Bertz CT molecular complexity index is 293. The average molecular weight is 206 g/mol. The molecule has 0 bridgehead atoms. The minimum absolute atomic E-state index is 0.0335. The van der Waals surface area contributed by atoms with Gasteiger partial charge in [-0.05, 0) is 19.4 Å². The summed E-state index contributed by atoms with van der Waals surface area (Å²) in [5.41, 5.74) is 1.08. The van der Waals surface area contributed by atoms with E-state index < -0.39 is 0 Å². The van der Waals surface area contributed by atoms with Crippen molar-refractivity contribution >= 4 is 5.78 Å². The Morgan fingerprint density at radius 1 is 1.33 bits per heavy atom. The van der Waals surface area contributed by atoms with E-state index in [0.717, 1.165) is 5.56 Å². The number of hydrogen-bond acceptors (Lipinski definition) is 2. The zero-order valence-corrected chi connectivity index (χ0v) is 9.40. The minimum atomic E-state index is 0.0335. The SMILES string of the molecule is CCOC(C)CC(=O)Cc1ccccc1. The number of benzene rings is 1. The van der Waals surface area contributed by atoms with Gasteiger partial charge in [0.2, 0.25) is 0 Å². The molecule has 0 N–H and O–H groups in total. The van der Waals surface area contributed by atoms with Gasteiger partial charge < -0.3 is 4.74 Å². The lowest BCUT2D eigenvalue weighted by Crippen LogP contribution is -2.15. The van der Waals surface area contributed by atoms with E-state index in [4.69, 9.17) is 4.74 Å². The number of Topliss-reactive ketones (excluding diaryl/α,β-unsaturated/α-hetero) is 1. The molecule has 0 amide bonds. The van der Waals surface area contributed by atoms with Crippen molar-refractivity contribution in [3.63, 3.8) is 0 Å². The summed E-state index contributed by atoms with van der Waals surface area (Å²) >= 11 is 0. The molecule has 2 heteroatoms. The van der Waals surface area contributed by atoms with Crippen molar-refractivity contribution in [2.24, 2.45) is 0 Å². The molecule has 2 nitrogen and oxygen atoms in total. The smallest absolute Gasteiger partial charge is 0.139 e. The second kappa shape index (κ2) is 6.36. The highest BCUT2D eigenvalue weighted by molar-refractivity contribution is 5.81. The molecule has 0 spiro atoms. The molecule has 1 unspecified atom stereocenters. The van der Waals surface area contributed by atoms with Crippen LogP contribution in [0, 0.1) is 0 Å². The van der Waals surface area contributed by atoms with Gasteiger partial charge in [0.1, 0.15) is 5.78 Å². The summed E-state index contributed by atoms with van der Waals surface area (Å²) in [7, 11) is 0. The zero-order valence-electron chi connectivity index (χ0n) is 9.40. The Labute approximate surface area is 91.3 Å². The monoisotopic (exact) mass is 206 g/mol. The van der Waals surface area contributed by atoms with E-state index in [1.165, 1.54) is 0 Å². The van der Waals surface area contributed by atoms with Crippen molar-refractivity contribution in [3.05, 3.63) is 35.9 Å². The molecule has 0 aliphatic rings. The summed E-state index contributed by atoms with van der Waals surface area (Å²) in [6, 6.07) is 9.81. The van der Waals surface area contributed by atoms with Crippen molar-refractivity contribution < 1.29 is 9.53 Å². The summed E-state index contributed by atoms with van der Waals surface area (Å²) in [5.74, 6) is 0.238. The van der Waals surface area contributed by atoms with Gasteiger partial charge in [-0.1, -0.05) is 30.3 Å². The first-order valence-corrected chi connectivity index (χ1v) is 5.39. The van der Waals surface area contributed by atoms with Gasteiger partial charge in [-0.15, -0.1) is 0 Å². The fourth-order valence-electron chi connectivity index (χ4n) is 1.56. The van der Waals surface area contributed by atoms with E-state index in [9.17, 15) is 4.79 Å². The first-order chi connectivity index (χ1) is 7.22. The Morgan fingerprint density at radius 2 is 2.00 bits per heavy atom. The molecular formula is C13H18O2. The van der Waals surface area contributed by atoms with Gasteiger partial charge in [0.05, 0.1) is 6.10 Å². The first kappa shape index (κ1) is 11.9. The van der Waals surface area contributed by atoms with E-state index in [-0.39, 0.29) is 11.9 Å². The van der Waals surface area contributed by atoms with E-state index in [1.54, 1.807) is 0 Å². The number of rotatable bonds is 6. The number of carbonyl (C=O) groups is 1. The second-order valence-electron chi connectivity index (χ2n) is 3.67. The normalized spacial score (nSPS) is 12.4. The molecule has 1 aromatic carbocycles. The summed E-state index contributed by atoms with van der Waals surface area (Å²) in [6.45, 7) is 4.55. The third-order valence-electron chi connectivity index (χ3n) is 2.21. The molecule has 1 atom stereocenters. The molecule has 0 aliphatic carbocycles. The molecule has 0 saturated heterocycles. The number of ether oxygens (including phenoxy) is 1. The summed E-state index contributed by atoms with van der Waals surface area (Å²) in [6.07, 6.45) is 1.05. The quantitative estimate of drug-likeness (QED) is 0.715. The molecule has 0 aliphatic heterocycles. The molecule has 0 aromatic heterocycles. The Balaban J connectivity index is 2.36. The summed E-state index contributed by atoms with van der Waals surface area (Å²) in [4.78, 5) is 11.6. The van der Waals surface area contributed by atoms with Gasteiger partial charge in [0, 0.05) is 19.4 Å². The molecular weight excluding hydrogens is 188 g/mol. The molecule has 1 aromatic rings. The van der Waals surface area contributed by atoms with Crippen LogP contribution in [0.15, 0.2) is 30.3 Å². The van der Waals surface area contributed by atoms with Crippen LogP contribution in [0.3, 0.4) is 0 Å². The fraction of sp³-hybridized carbons (Fsp3) is 0.462. The highest BCUT2D eigenvalue weighted by atomic mass is 16.5. The number of hydrogen-bond donors (Lipinski definition) is 0. The minimum Gasteiger partial charge on any atom is -0.378 e. The molecule has 0 fully saturated rings. The topological polar surface area (TPSA) is 26.3 Å². The first-order valence-electron chi connectivity index (χ1n) is 5.39. The van der Waals surface area contributed by atoms with Crippen molar-refractivity contribution in [1.82, 2.24) is 0 Å². The van der Waals surface area contributed by atoms with Gasteiger partial charge in [-0.2, -0.15) is 0 Å². The number of carbonyl (C=O) groups excluding carboxylic acids is 1. The summed E-state index contributed by atoms with van der Waals surface area (Å²) in [5, 5.41) is 0. The molecule has 82 valence electrons. The van der Waals surface area contributed by atoms with Gasteiger partial charge in [-0.3, -0.25) is 4.79 Å². The zero-order chi connectivity index (χ0) is 11.1. The van der Waals surface area contributed by atoms with Gasteiger partial charge in [0.15, 0.2) is 0 Å². The highest BCUT2D eigenvalue weighted by Crippen LogP contribution is 2.05. The van der Waals surface area contributed by atoms with Crippen LogP contribution in [0.1, 0.15) is 25.8 Å². The standard InChI is InChI=1S/C13H18O2/c1-3-15-11(2)9-13(14)10-12-7-5-4-6-8-12/h4-8,11H,3,9-10H2,1-2H3. The maximum atomic E-state index is 11.6. The van der Waals surface area contributed by atoms with Crippen LogP contribution in [0.4, 0.5) is 0 Å². The van der Waals surface area contributed by atoms with Crippen LogP contribution in [0.25, 0.3) is 0 Å². The van der Waals surface area contributed by atoms with E-state index in [1.807, 2.05) is 44.2 Å². The van der Waals surface area contributed by atoms with Crippen LogP contribution >= 0.6 is 0 Å².